The Bertz CT molecular complexity index is 433. The van der Waals surface area contributed by atoms with Crippen molar-refractivity contribution in [3.8, 4) is 0 Å². The van der Waals surface area contributed by atoms with Crippen LogP contribution in [0.5, 0.6) is 0 Å². The molecule has 1 aliphatic rings. The normalized spacial score (nSPS) is 14.7. The van der Waals surface area contributed by atoms with E-state index in [9.17, 15) is 0 Å². The molecule has 3 rings (SSSR count). The molecule has 6 heteroatoms. The fraction of sp³-hybridized carbons (Fsp3) is 0.417. The number of halogens is 3. The maximum absolute atomic E-state index is 4.58. The molecule has 2 aromatic rings. The number of hydrogen-bond donors (Lipinski definition) is 1. The summed E-state index contributed by atoms with van der Waals surface area (Å²) >= 11 is 0. The highest BCUT2D eigenvalue weighted by Gasteiger charge is 2.13. The van der Waals surface area contributed by atoms with E-state index in [0.717, 1.165) is 23.4 Å². The van der Waals surface area contributed by atoms with Crippen molar-refractivity contribution in [3.05, 3.63) is 30.1 Å². The van der Waals surface area contributed by atoms with Crippen molar-refractivity contribution in [1.29, 1.82) is 0 Å². The van der Waals surface area contributed by atoms with Gasteiger partial charge in [0.25, 0.3) is 0 Å². The summed E-state index contributed by atoms with van der Waals surface area (Å²) in [6, 6.07) is 8.21. The number of aromatic nitrogens is 2. The van der Waals surface area contributed by atoms with Crippen LogP contribution in [0, 0.1) is 0 Å². The minimum Gasteiger partial charge on any atom is -0.341 e. The van der Waals surface area contributed by atoms with Crippen LogP contribution >= 0.6 is 37.2 Å². The molecule has 0 atom stereocenters. The summed E-state index contributed by atoms with van der Waals surface area (Å²) in [5.41, 5.74) is 2.22. The van der Waals surface area contributed by atoms with Crippen LogP contribution in [0.15, 0.2) is 24.3 Å². The number of nitrogens with zero attached hydrogens (tertiary/aromatic N) is 2. The lowest BCUT2D eigenvalue weighted by atomic mass is 10.3. The van der Waals surface area contributed by atoms with E-state index in [1.54, 1.807) is 0 Å². The molecule has 0 saturated carbocycles. The number of para-hydroxylation sites is 2. The second-order valence-corrected chi connectivity index (χ2v) is 4.18. The zero-order chi connectivity index (χ0) is 10.1. The Balaban J connectivity index is 0.000000963. The summed E-state index contributed by atoms with van der Waals surface area (Å²) in [6.07, 6.45) is 2.67. The molecule has 0 unspecified atom stereocenters. The van der Waals surface area contributed by atoms with Crippen molar-refractivity contribution < 1.29 is 0 Å². The van der Waals surface area contributed by atoms with Gasteiger partial charge in [0.15, 0.2) is 0 Å². The van der Waals surface area contributed by atoms with Crippen LogP contribution in [0.3, 0.4) is 0 Å². The lowest BCUT2D eigenvalue weighted by Gasteiger charge is -2.11. The molecule has 102 valence electrons. The number of benzene rings is 1. The summed E-state index contributed by atoms with van der Waals surface area (Å²) in [5, 5.41) is 0. The van der Waals surface area contributed by atoms with Gasteiger partial charge in [-0.25, -0.2) is 4.98 Å². The van der Waals surface area contributed by atoms with E-state index in [-0.39, 0.29) is 37.2 Å². The van der Waals surface area contributed by atoms with Gasteiger partial charge < -0.3 is 4.98 Å². The Kier molecular flexibility index (Phi) is 7.64. The van der Waals surface area contributed by atoms with Crippen LogP contribution in [0.25, 0.3) is 11.0 Å². The fourth-order valence-corrected chi connectivity index (χ4v) is 2.23. The van der Waals surface area contributed by atoms with E-state index < -0.39 is 0 Å². The van der Waals surface area contributed by atoms with Crippen molar-refractivity contribution in [2.45, 2.75) is 19.4 Å². The Labute approximate surface area is 126 Å². The number of fused-ring (bicyclic) bond motifs is 1. The lowest BCUT2D eigenvalue weighted by molar-refractivity contribution is 0.324. The van der Waals surface area contributed by atoms with Gasteiger partial charge >= 0.3 is 0 Å². The first-order chi connectivity index (χ1) is 7.42. The monoisotopic (exact) mass is 309 g/mol. The summed E-state index contributed by atoms with van der Waals surface area (Å²) < 4.78 is 0. The van der Waals surface area contributed by atoms with E-state index in [1.165, 1.54) is 25.9 Å². The Morgan fingerprint density at radius 3 is 2.39 bits per heavy atom. The summed E-state index contributed by atoms with van der Waals surface area (Å²) in [6.45, 7) is 3.41. The Hall–Kier alpha value is -0.480. The van der Waals surface area contributed by atoms with E-state index >= 15 is 0 Å². The van der Waals surface area contributed by atoms with E-state index in [0.29, 0.717) is 0 Å². The number of nitrogens with one attached hydrogen (secondary N) is 1. The molecule has 0 aliphatic carbocycles. The Morgan fingerprint density at radius 1 is 1.06 bits per heavy atom. The average Bonchev–Trinajstić information content (AvgIpc) is 2.86. The second-order valence-electron chi connectivity index (χ2n) is 4.18. The molecule has 3 nitrogen and oxygen atoms in total. The SMILES string of the molecule is Cl.Cl.Cl.c1ccc2[nH]c(CN3CCCC3)nc2c1. The molecule has 18 heavy (non-hydrogen) atoms. The third kappa shape index (κ3) is 3.75. The van der Waals surface area contributed by atoms with E-state index in [4.69, 9.17) is 0 Å². The number of H-pyrrole nitrogens is 1. The van der Waals surface area contributed by atoms with Crippen molar-refractivity contribution >= 4 is 48.3 Å². The highest BCUT2D eigenvalue weighted by molar-refractivity contribution is 5.86. The summed E-state index contributed by atoms with van der Waals surface area (Å²) in [4.78, 5) is 10.4. The van der Waals surface area contributed by atoms with Crippen LogP contribution in [-0.4, -0.2) is 28.0 Å². The fourth-order valence-electron chi connectivity index (χ4n) is 2.23. The van der Waals surface area contributed by atoms with Crippen LogP contribution < -0.4 is 0 Å². The maximum Gasteiger partial charge on any atom is 0.121 e. The van der Waals surface area contributed by atoms with Crippen LogP contribution in [-0.2, 0) is 6.54 Å². The predicted octanol–water partition coefficient (Wildman–Crippen LogP) is 3.42. The van der Waals surface area contributed by atoms with Crippen molar-refractivity contribution in [1.82, 2.24) is 14.9 Å². The molecule has 1 aliphatic heterocycles. The minimum absolute atomic E-state index is 0. The van der Waals surface area contributed by atoms with Crippen molar-refractivity contribution in [3.63, 3.8) is 0 Å². The van der Waals surface area contributed by atoms with Gasteiger partial charge in [-0.05, 0) is 38.1 Å². The van der Waals surface area contributed by atoms with Gasteiger partial charge in [-0.15, -0.1) is 37.2 Å². The zero-order valence-corrected chi connectivity index (χ0v) is 12.4. The standard InChI is InChI=1S/C12H15N3.3ClH/c1-2-6-11-10(5-1)13-12(14-11)9-15-7-3-4-8-15;;;/h1-2,5-6H,3-4,7-9H2,(H,13,14);3*1H. The number of aromatic amines is 1. The number of hydrogen-bond acceptors (Lipinski definition) is 2. The van der Waals surface area contributed by atoms with Crippen LogP contribution in [0.4, 0.5) is 0 Å². The van der Waals surface area contributed by atoms with Gasteiger partial charge in [0.2, 0.25) is 0 Å². The molecule has 0 bridgehead atoms. The first-order valence-corrected chi connectivity index (χ1v) is 5.58. The zero-order valence-electron chi connectivity index (χ0n) is 9.96. The van der Waals surface area contributed by atoms with Gasteiger partial charge in [0.1, 0.15) is 5.82 Å². The van der Waals surface area contributed by atoms with Gasteiger partial charge in [-0.2, -0.15) is 0 Å². The molecule has 2 heterocycles. The van der Waals surface area contributed by atoms with Crippen molar-refractivity contribution in [2.75, 3.05) is 13.1 Å². The van der Waals surface area contributed by atoms with E-state index in [2.05, 4.69) is 27.0 Å². The topological polar surface area (TPSA) is 31.9 Å². The molecule has 0 radical (unpaired) electrons. The van der Waals surface area contributed by atoms with Crippen LogP contribution in [0.1, 0.15) is 18.7 Å². The van der Waals surface area contributed by atoms with E-state index in [1.807, 2.05) is 12.1 Å². The highest BCUT2D eigenvalue weighted by atomic mass is 35.5. The highest BCUT2D eigenvalue weighted by Crippen LogP contribution is 2.14. The van der Waals surface area contributed by atoms with Crippen molar-refractivity contribution in [2.24, 2.45) is 0 Å². The van der Waals surface area contributed by atoms with Gasteiger partial charge in [-0.1, -0.05) is 12.1 Å². The molecule has 1 aromatic carbocycles. The average molecular weight is 311 g/mol. The van der Waals surface area contributed by atoms with Gasteiger partial charge in [0, 0.05) is 0 Å². The first kappa shape index (κ1) is 17.5. The molecule has 0 amide bonds. The van der Waals surface area contributed by atoms with Gasteiger partial charge in [-0.3, -0.25) is 4.90 Å². The summed E-state index contributed by atoms with van der Waals surface area (Å²) in [5.74, 6) is 1.10. The number of imidazole rings is 1. The van der Waals surface area contributed by atoms with Gasteiger partial charge in [0.05, 0.1) is 17.6 Å². The largest absolute Gasteiger partial charge is 0.341 e. The lowest BCUT2D eigenvalue weighted by Crippen LogP contribution is -2.19. The molecule has 0 spiro atoms. The third-order valence-corrected chi connectivity index (χ3v) is 3.01. The number of rotatable bonds is 2. The predicted molar refractivity (Wildman–Crippen MR) is 82.3 cm³/mol. The first-order valence-electron chi connectivity index (χ1n) is 5.58. The molecule has 1 saturated heterocycles. The second kappa shape index (κ2) is 7.85. The smallest absolute Gasteiger partial charge is 0.121 e. The minimum atomic E-state index is 0. The molecule has 1 N–H and O–H groups in total. The number of likely N-dealkylation sites (tertiary alicyclic amines) is 1. The third-order valence-electron chi connectivity index (χ3n) is 3.01. The quantitative estimate of drug-likeness (QED) is 0.921. The van der Waals surface area contributed by atoms with Crippen LogP contribution in [0.2, 0.25) is 0 Å². The maximum atomic E-state index is 4.58. The summed E-state index contributed by atoms with van der Waals surface area (Å²) in [7, 11) is 0. The molecular formula is C12H18Cl3N3. The molecule has 1 fully saturated rings. The molecule has 1 aromatic heterocycles. The molecular weight excluding hydrogens is 293 g/mol. The Morgan fingerprint density at radius 2 is 1.72 bits per heavy atom.